The van der Waals surface area contributed by atoms with Crippen molar-refractivity contribution in [1.82, 2.24) is 0 Å². The first-order chi connectivity index (χ1) is 9.00. The number of carbonyl (C=O) groups excluding carboxylic acids is 1. The number of hydrogen-bond donors (Lipinski definition) is 1. The predicted octanol–water partition coefficient (Wildman–Crippen LogP) is 3.23. The maximum Gasteiger partial charge on any atom is 0.195 e. The van der Waals surface area contributed by atoms with Crippen molar-refractivity contribution in [3.05, 3.63) is 47.2 Å². The lowest BCUT2D eigenvalue weighted by atomic mass is 9.83. The summed E-state index contributed by atoms with van der Waals surface area (Å²) in [4.78, 5) is 16.9. The Morgan fingerprint density at radius 1 is 1.37 bits per heavy atom. The Balaban J connectivity index is 2.23. The monoisotopic (exact) mass is 252 g/mol. The normalized spacial score (nSPS) is 17.7. The molecule has 19 heavy (non-hydrogen) atoms. The number of aliphatic imine (C=N–C) groups is 1. The average molecular weight is 252 g/mol. The molecule has 0 spiro atoms. The van der Waals surface area contributed by atoms with E-state index in [1.54, 1.807) is 0 Å². The highest BCUT2D eigenvalue weighted by Crippen LogP contribution is 2.43. The zero-order chi connectivity index (χ0) is 13.7. The Bertz CT molecular complexity index is 678. The highest BCUT2D eigenvalue weighted by Gasteiger charge is 2.33. The average Bonchev–Trinajstić information content (AvgIpc) is 2.81. The summed E-state index contributed by atoms with van der Waals surface area (Å²) in [5.74, 6) is 0.302. The van der Waals surface area contributed by atoms with Crippen molar-refractivity contribution in [2.24, 2.45) is 10.9 Å². The number of Topliss-reactive ketones (excluding diaryl/α,β-unsaturated/α-hetero) is 1. The van der Waals surface area contributed by atoms with Crippen LogP contribution < -0.4 is 5.73 Å². The third kappa shape index (κ3) is 1.58. The van der Waals surface area contributed by atoms with Gasteiger partial charge in [-0.1, -0.05) is 32.6 Å². The van der Waals surface area contributed by atoms with Crippen LogP contribution in [-0.2, 0) is 0 Å². The van der Waals surface area contributed by atoms with E-state index >= 15 is 0 Å². The zero-order valence-electron chi connectivity index (χ0n) is 11.2. The molecule has 0 atom stereocenters. The smallest absolute Gasteiger partial charge is 0.195 e. The van der Waals surface area contributed by atoms with E-state index in [4.69, 9.17) is 5.73 Å². The Morgan fingerprint density at radius 2 is 2.11 bits per heavy atom. The van der Waals surface area contributed by atoms with Gasteiger partial charge in [0.25, 0.3) is 0 Å². The molecular weight excluding hydrogens is 236 g/mol. The summed E-state index contributed by atoms with van der Waals surface area (Å²) < 4.78 is 0. The molecule has 3 rings (SSSR count). The quantitative estimate of drug-likeness (QED) is 0.616. The minimum atomic E-state index is -0.0604. The second kappa shape index (κ2) is 3.92. The molecule has 3 heteroatoms. The third-order valence-corrected chi connectivity index (χ3v) is 3.77. The van der Waals surface area contributed by atoms with E-state index in [-0.39, 0.29) is 5.78 Å². The van der Waals surface area contributed by atoms with Gasteiger partial charge in [0.15, 0.2) is 5.78 Å². The van der Waals surface area contributed by atoms with Gasteiger partial charge >= 0.3 is 0 Å². The molecule has 0 radical (unpaired) electrons. The molecule has 1 heterocycles. The first-order valence-corrected chi connectivity index (χ1v) is 6.44. The number of fused-ring (bicyclic) bond motifs is 2. The van der Waals surface area contributed by atoms with Crippen LogP contribution in [0.15, 0.2) is 41.0 Å². The molecule has 0 saturated heterocycles. The second-order valence-electron chi connectivity index (χ2n) is 5.34. The van der Waals surface area contributed by atoms with E-state index in [0.717, 1.165) is 29.0 Å². The van der Waals surface area contributed by atoms with Gasteiger partial charge in [0.05, 0.1) is 5.70 Å². The lowest BCUT2D eigenvalue weighted by Crippen LogP contribution is -2.14. The number of nitrogens with zero attached hydrogens (tertiary/aromatic N) is 1. The number of carbonyl (C=O) groups is 1. The minimum absolute atomic E-state index is 0.0604. The van der Waals surface area contributed by atoms with E-state index in [9.17, 15) is 4.79 Å². The Hall–Kier alpha value is -2.16. The number of allylic oxidation sites excluding steroid dienone is 2. The summed E-state index contributed by atoms with van der Waals surface area (Å²) >= 11 is 0. The summed E-state index contributed by atoms with van der Waals surface area (Å²) in [6, 6.07) is 5.46. The minimum Gasteiger partial charge on any atom is -0.398 e. The highest BCUT2D eigenvalue weighted by atomic mass is 16.1. The number of nitrogen functional groups attached to an aromatic ring is 1. The van der Waals surface area contributed by atoms with E-state index in [1.807, 2.05) is 18.2 Å². The van der Waals surface area contributed by atoms with E-state index < -0.39 is 0 Å². The van der Waals surface area contributed by atoms with Crippen LogP contribution in [0.2, 0.25) is 0 Å². The molecule has 1 aromatic rings. The van der Waals surface area contributed by atoms with Gasteiger partial charge in [0.2, 0.25) is 0 Å². The fraction of sp³-hybridized carbons (Fsp3) is 0.250. The number of nitrogens with two attached hydrogens (primary N) is 1. The van der Waals surface area contributed by atoms with E-state index in [2.05, 4.69) is 25.4 Å². The van der Waals surface area contributed by atoms with Crippen molar-refractivity contribution in [3.8, 4) is 0 Å². The van der Waals surface area contributed by atoms with Crippen molar-refractivity contribution in [2.45, 2.75) is 20.3 Å². The van der Waals surface area contributed by atoms with Gasteiger partial charge in [-0.25, -0.2) is 0 Å². The van der Waals surface area contributed by atoms with E-state index in [0.29, 0.717) is 22.7 Å². The van der Waals surface area contributed by atoms with Crippen LogP contribution >= 0.6 is 0 Å². The molecule has 0 unspecified atom stereocenters. The fourth-order valence-corrected chi connectivity index (χ4v) is 2.67. The highest BCUT2D eigenvalue weighted by molar-refractivity contribution is 6.22. The number of hydrogen-bond acceptors (Lipinski definition) is 3. The maximum absolute atomic E-state index is 12.3. The van der Waals surface area contributed by atoms with Crippen molar-refractivity contribution in [3.63, 3.8) is 0 Å². The standard InChI is InChI=1S/C16H16N2O/c1-8(2)13-7-11-14-10(5-4-6-12(14)17)16(19)9(3)15(11)18-13/h4-6,8H,3,7,17H2,1-2H3. The van der Waals surface area contributed by atoms with Crippen molar-refractivity contribution in [2.75, 3.05) is 5.73 Å². The summed E-state index contributed by atoms with van der Waals surface area (Å²) in [7, 11) is 0. The summed E-state index contributed by atoms with van der Waals surface area (Å²) in [5, 5.41) is 0. The zero-order valence-corrected chi connectivity index (χ0v) is 11.2. The largest absolute Gasteiger partial charge is 0.398 e. The van der Waals surface area contributed by atoms with Gasteiger partial charge in [-0.3, -0.25) is 9.79 Å². The molecule has 96 valence electrons. The molecular formula is C16H16N2O. The molecule has 1 aromatic carbocycles. The van der Waals surface area contributed by atoms with Gasteiger partial charge in [-0.2, -0.15) is 0 Å². The molecule has 2 N–H and O–H groups in total. The summed E-state index contributed by atoms with van der Waals surface area (Å²) in [6.07, 6.45) is 0.764. The van der Waals surface area contributed by atoms with Gasteiger partial charge in [0.1, 0.15) is 0 Å². The predicted molar refractivity (Wildman–Crippen MR) is 78.1 cm³/mol. The van der Waals surface area contributed by atoms with Crippen LogP contribution in [0, 0.1) is 5.92 Å². The van der Waals surface area contributed by atoms with E-state index in [1.165, 1.54) is 0 Å². The maximum atomic E-state index is 12.3. The lowest BCUT2D eigenvalue weighted by Gasteiger charge is -2.20. The SMILES string of the molecule is C=C1C(=O)c2cccc(N)c2C2=C1N=C(C(C)C)C2. The van der Waals surface area contributed by atoms with Crippen LogP contribution in [0.1, 0.15) is 36.2 Å². The second-order valence-corrected chi connectivity index (χ2v) is 5.34. The van der Waals surface area contributed by atoms with Crippen molar-refractivity contribution < 1.29 is 4.79 Å². The van der Waals surface area contributed by atoms with Gasteiger partial charge in [-0.15, -0.1) is 0 Å². The molecule has 1 aliphatic heterocycles. The number of rotatable bonds is 1. The van der Waals surface area contributed by atoms with Gasteiger partial charge in [0, 0.05) is 34.5 Å². The summed E-state index contributed by atoms with van der Waals surface area (Å²) in [5.41, 5.74) is 11.6. The Labute approximate surface area is 112 Å². The summed E-state index contributed by atoms with van der Waals surface area (Å²) in [6.45, 7) is 8.12. The molecule has 3 nitrogen and oxygen atoms in total. The fourth-order valence-electron chi connectivity index (χ4n) is 2.67. The Kier molecular flexibility index (Phi) is 2.45. The van der Waals surface area contributed by atoms with Crippen LogP contribution in [0.3, 0.4) is 0 Å². The van der Waals surface area contributed by atoms with Crippen molar-refractivity contribution >= 4 is 22.8 Å². The molecule has 0 fully saturated rings. The first-order valence-electron chi connectivity index (χ1n) is 6.44. The van der Waals surface area contributed by atoms with Crippen LogP contribution in [0.25, 0.3) is 5.57 Å². The lowest BCUT2D eigenvalue weighted by molar-refractivity contribution is 0.103. The van der Waals surface area contributed by atoms with Crippen LogP contribution in [0.4, 0.5) is 5.69 Å². The molecule has 0 amide bonds. The molecule has 2 aliphatic rings. The molecule has 1 aliphatic carbocycles. The number of ketones is 1. The van der Waals surface area contributed by atoms with Gasteiger partial charge < -0.3 is 5.73 Å². The molecule has 0 saturated carbocycles. The Morgan fingerprint density at radius 3 is 2.79 bits per heavy atom. The van der Waals surface area contributed by atoms with Crippen LogP contribution in [-0.4, -0.2) is 11.5 Å². The molecule has 0 bridgehead atoms. The number of anilines is 1. The third-order valence-electron chi connectivity index (χ3n) is 3.77. The van der Waals surface area contributed by atoms with Gasteiger partial charge in [-0.05, 0) is 17.6 Å². The topological polar surface area (TPSA) is 55.5 Å². The first kappa shape index (κ1) is 11.9. The molecule has 0 aromatic heterocycles. The van der Waals surface area contributed by atoms with Crippen molar-refractivity contribution in [1.29, 1.82) is 0 Å². The number of benzene rings is 1. The van der Waals surface area contributed by atoms with Crippen LogP contribution in [0.5, 0.6) is 0 Å².